The van der Waals surface area contributed by atoms with Gasteiger partial charge in [-0.15, -0.1) is 11.6 Å². The maximum atomic E-state index is 9.85. The summed E-state index contributed by atoms with van der Waals surface area (Å²) in [5.41, 5.74) is 4.62. The van der Waals surface area contributed by atoms with Crippen molar-refractivity contribution in [3.63, 3.8) is 0 Å². The van der Waals surface area contributed by atoms with E-state index in [-0.39, 0.29) is 12.0 Å². The van der Waals surface area contributed by atoms with Gasteiger partial charge in [0.2, 0.25) is 0 Å². The van der Waals surface area contributed by atoms with Crippen LogP contribution in [-0.4, -0.2) is 18.1 Å². The zero-order chi connectivity index (χ0) is 6.57. The second-order valence-electron chi connectivity index (χ2n) is 1.41. The van der Waals surface area contributed by atoms with Crippen molar-refractivity contribution in [3.05, 3.63) is 0 Å². The molecule has 0 bridgehead atoms. The minimum atomic E-state index is -0.780. The lowest BCUT2D eigenvalue weighted by atomic mass is 10.5. The van der Waals surface area contributed by atoms with Crippen LogP contribution in [0.4, 0.5) is 4.79 Å². The lowest BCUT2D eigenvalue weighted by Crippen LogP contribution is -2.17. The quantitative estimate of drug-likeness (QED) is 0.570. The summed E-state index contributed by atoms with van der Waals surface area (Å²) in [7, 11) is 0. The van der Waals surface area contributed by atoms with E-state index in [1.54, 1.807) is 6.92 Å². The van der Waals surface area contributed by atoms with Gasteiger partial charge >= 0.3 is 6.09 Å². The van der Waals surface area contributed by atoms with Crippen LogP contribution in [0.3, 0.4) is 0 Å². The Bertz CT molecular complexity index is 84.1. The number of primary amides is 1. The van der Waals surface area contributed by atoms with Crippen LogP contribution < -0.4 is 5.73 Å². The number of nitrogens with two attached hydrogens (primary N) is 1. The summed E-state index contributed by atoms with van der Waals surface area (Å²) in [4.78, 5) is 9.85. The van der Waals surface area contributed by atoms with Gasteiger partial charge in [-0.25, -0.2) is 4.79 Å². The van der Waals surface area contributed by atoms with Gasteiger partial charge in [-0.05, 0) is 6.92 Å². The smallest absolute Gasteiger partial charge is 0.404 e. The number of carbonyl (C=O) groups is 1. The molecule has 2 N–H and O–H groups in total. The Morgan fingerprint density at radius 2 is 2.50 bits per heavy atom. The molecule has 0 aliphatic heterocycles. The monoisotopic (exact) mass is 137 g/mol. The molecule has 0 saturated carbocycles. The fourth-order valence-electron chi connectivity index (χ4n) is 0.197. The van der Waals surface area contributed by atoms with Gasteiger partial charge in [0.25, 0.3) is 0 Å². The van der Waals surface area contributed by atoms with Crippen molar-refractivity contribution in [2.45, 2.75) is 12.3 Å². The molecule has 0 heterocycles. The Hall–Kier alpha value is -0.440. The Labute approximate surface area is 52.8 Å². The average molecular weight is 138 g/mol. The standard InChI is InChI=1S/C4H8ClNO2/c1-3(5)2-8-4(6)7/h3H,2H2,1H3,(H2,6,7). The molecule has 0 aromatic heterocycles. The highest BCUT2D eigenvalue weighted by Crippen LogP contribution is 1.92. The lowest BCUT2D eigenvalue weighted by molar-refractivity contribution is 0.158. The SMILES string of the molecule is CC(Cl)COC(N)=O. The van der Waals surface area contributed by atoms with E-state index in [1.165, 1.54) is 0 Å². The summed E-state index contributed by atoms with van der Waals surface area (Å²) >= 11 is 5.39. The summed E-state index contributed by atoms with van der Waals surface area (Å²) in [5.74, 6) is 0. The van der Waals surface area contributed by atoms with Gasteiger partial charge in [-0.1, -0.05) is 0 Å². The molecule has 0 rings (SSSR count). The largest absolute Gasteiger partial charge is 0.448 e. The molecule has 1 amide bonds. The third kappa shape index (κ3) is 5.56. The van der Waals surface area contributed by atoms with Crippen molar-refractivity contribution in [3.8, 4) is 0 Å². The number of ether oxygens (including phenoxy) is 1. The number of amides is 1. The Morgan fingerprint density at radius 3 is 2.62 bits per heavy atom. The van der Waals surface area contributed by atoms with Crippen LogP contribution in [-0.2, 0) is 4.74 Å². The van der Waals surface area contributed by atoms with Crippen LogP contribution in [0, 0.1) is 0 Å². The van der Waals surface area contributed by atoms with Crippen molar-refractivity contribution in [2.24, 2.45) is 5.73 Å². The zero-order valence-corrected chi connectivity index (χ0v) is 5.31. The number of halogens is 1. The van der Waals surface area contributed by atoms with Crippen LogP contribution in [0.2, 0.25) is 0 Å². The molecule has 0 aliphatic carbocycles. The van der Waals surface area contributed by atoms with E-state index < -0.39 is 6.09 Å². The van der Waals surface area contributed by atoms with E-state index in [0.29, 0.717) is 0 Å². The molecule has 1 unspecified atom stereocenters. The van der Waals surface area contributed by atoms with Crippen LogP contribution in [0.1, 0.15) is 6.92 Å². The number of rotatable bonds is 2. The molecule has 0 aromatic rings. The number of carbonyl (C=O) groups excluding carboxylic acids is 1. The number of hydrogen-bond acceptors (Lipinski definition) is 2. The topological polar surface area (TPSA) is 52.3 Å². The van der Waals surface area contributed by atoms with Gasteiger partial charge < -0.3 is 10.5 Å². The maximum Gasteiger partial charge on any atom is 0.404 e. The molecule has 3 nitrogen and oxygen atoms in total. The molecule has 0 fully saturated rings. The van der Waals surface area contributed by atoms with E-state index in [2.05, 4.69) is 10.5 Å². The van der Waals surface area contributed by atoms with Gasteiger partial charge in [0.1, 0.15) is 6.61 Å². The van der Waals surface area contributed by atoms with E-state index in [9.17, 15) is 4.79 Å². The molecule has 0 aliphatic rings. The summed E-state index contributed by atoms with van der Waals surface area (Å²) < 4.78 is 4.31. The van der Waals surface area contributed by atoms with Crippen LogP contribution in [0.15, 0.2) is 0 Å². The summed E-state index contributed by atoms with van der Waals surface area (Å²) in [5, 5.41) is -0.164. The first-order valence-corrected chi connectivity index (χ1v) is 2.63. The zero-order valence-electron chi connectivity index (χ0n) is 4.56. The number of alkyl halides is 1. The Balaban J connectivity index is 3.05. The van der Waals surface area contributed by atoms with E-state index in [4.69, 9.17) is 11.6 Å². The Morgan fingerprint density at radius 1 is 2.00 bits per heavy atom. The van der Waals surface area contributed by atoms with Crippen LogP contribution in [0.25, 0.3) is 0 Å². The van der Waals surface area contributed by atoms with Crippen LogP contribution in [0.5, 0.6) is 0 Å². The van der Waals surface area contributed by atoms with Gasteiger partial charge in [-0.2, -0.15) is 0 Å². The molecular formula is C4H8ClNO2. The highest BCUT2D eigenvalue weighted by atomic mass is 35.5. The van der Waals surface area contributed by atoms with Gasteiger partial charge in [0, 0.05) is 0 Å². The predicted octanol–water partition coefficient (Wildman–Crippen LogP) is 0.709. The second kappa shape index (κ2) is 3.55. The molecule has 0 saturated heterocycles. The third-order valence-electron chi connectivity index (χ3n) is 0.455. The maximum absolute atomic E-state index is 9.85. The first kappa shape index (κ1) is 7.56. The molecule has 0 radical (unpaired) electrons. The Kier molecular flexibility index (Phi) is 3.35. The minimum Gasteiger partial charge on any atom is -0.448 e. The molecule has 1 atom stereocenters. The first-order valence-electron chi connectivity index (χ1n) is 2.19. The minimum absolute atomic E-state index is 0.164. The third-order valence-corrected chi connectivity index (χ3v) is 0.581. The summed E-state index contributed by atoms with van der Waals surface area (Å²) in [6.45, 7) is 1.89. The first-order chi connectivity index (χ1) is 3.63. The highest BCUT2D eigenvalue weighted by Gasteiger charge is 1.97. The summed E-state index contributed by atoms with van der Waals surface area (Å²) in [6, 6.07) is 0. The average Bonchev–Trinajstić information content (AvgIpc) is 1.61. The van der Waals surface area contributed by atoms with Gasteiger partial charge in [0.15, 0.2) is 0 Å². The van der Waals surface area contributed by atoms with Crippen molar-refractivity contribution >= 4 is 17.7 Å². The van der Waals surface area contributed by atoms with Crippen molar-refractivity contribution in [1.29, 1.82) is 0 Å². The predicted molar refractivity (Wildman–Crippen MR) is 30.9 cm³/mol. The lowest BCUT2D eigenvalue weighted by Gasteiger charge is -2.00. The van der Waals surface area contributed by atoms with E-state index in [1.807, 2.05) is 0 Å². The molecule has 0 spiro atoms. The molecule has 4 heteroatoms. The molecule has 8 heavy (non-hydrogen) atoms. The fraction of sp³-hybridized carbons (Fsp3) is 0.750. The molecule has 0 aromatic carbocycles. The molecule has 48 valence electrons. The molecular weight excluding hydrogens is 130 g/mol. The summed E-state index contributed by atoms with van der Waals surface area (Å²) in [6.07, 6.45) is -0.780. The van der Waals surface area contributed by atoms with E-state index >= 15 is 0 Å². The van der Waals surface area contributed by atoms with Gasteiger partial charge in [-0.3, -0.25) is 0 Å². The van der Waals surface area contributed by atoms with E-state index in [0.717, 1.165) is 0 Å². The number of hydrogen-bond donors (Lipinski definition) is 1. The normalized spacial score (nSPS) is 12.8. The fourth-order valence-corrected chi connectivity index (χ4v) is 0.260. The van der Waals surface area contributed by atoms with Crippen molar-refractivity contribution in [1.82, 2.24) is 0 Å². The van der Waals surface area contributed by atoms with Crippen molar-refractivity contribution < 1.29 is 9.53 Å². The van der Waals surface area contributed by atoms with Crippen molar-refractivity contribution in [2.75, 3.05) is 6.61 Å². The van der Waals surface area contributed by atoms with Gasteiger partial charge in [0.05, 0.1) is 5.38 Å². The second-order valence-corrected chi connectivity index (χ2v) is 2.16. The van der Waals surface area contributed by atoms with Crippen LogP contribution >= 0.6 is 11.6 Å². The highest BCUT2D eigenvalue weighted by molar-refractivity contribution is 6.20.